The summed E-state index contributed by atoms with van der Waals surface area (Å²) in [4.78, 5) is 13.1. The maximum Gasteiger partial charge on any atom is 0.138 e. The van der Waals surface area contributed by atoms with Crippen LogP contribution in [-0.2, 0) is 9.53 Å². The Labute approximate surface area is 264 Å². The lowest BCUT2D eigenvalue weighted by Crippen LogP contribution is -2.64. The molecule has 5 unspecified atom stereocenters. The number of hydrogen-bond acceptors (Lipinski definition) is 6. The van der Waals surface area contributed by atoms with Crippen LogP contribution in [-0.4, -0.2) is 69.5 Å². The summed E-state index contributed by atoms with van der Waals surface area (Å²) in [6, 6.07) is 0. The van der Waals surface area contributed by atoms with E-state index in [2.05, 4.69) is 54.5 Å². The van der Waals surface area contributed by atoms with Gasteiger partial charge < -0.3 is 25.2 Å². The second kappa shape index (κ2) is 10.6. The molecule has 7 heteroatoms. The van der Waals surface area contributed by atoms with Crippen molar-refractivity contribution in [2.75, 3.05) is 6.67 Å². The largest absolute Gasteiger partial charge is 0.390 e. The third kappa shape index (κ3) is 4.52. The smallest absolute Gasteiger partial charge is 0.138 e. The van der Waals surface area contributed by atoms with E-state index in [1.54, 1.807) is 5.57 Å². The number of ether oxygens (including phenoxy) is 1. The molecule has 6 rings (SSSR count). The summed E-state index contributed by atoms with van der Waals surface area (Å²) in [5.74, 6) is 1.63. The molecule has 44 heavy (non-hydrogen) atoms. The van der Waals surface area contributed by atoms with Crippen molar-refractivity contribution < 1.29 is 34.3 Å². The van der Waals surface area contributed by atoms with Crippen molar-refractivity contribution in [3.8, 4) is 0 Å². The van der Waals surface area contributed by atoms with Gasteiger partial charge in [0.25, 0.3) is 0 Å². The Morgan fingerprint density at radius 2 is 1.59 bits per heavy atom. The summed E-state index contributed by atoms with van der Waals surface area (Å²) < 4.78 is 19.4. The number of aliphatic hydroxyl groups excluding tert-OH is 4. The normalized spacial score (nSPS) is 52.1. The Balaban J connectivity index is 1.34. The van der Waals surface area contributed by atoms with Crippen LogP contribution in [0.15, 0.2) is 11.6 Å². The summed E-state index contributed by atoms with van der Waals surface area (Å²) in [6.45, 7) is 15.7. The fourth-order valence-electron chi connectivity index (χ4n) is 12.5. The predicted molar refractivity (Wildman–Crippen MR) is 167 cm³/mol. The van der Waals surface area contributed by atoms with E-state index in [1.165, 1.54) is 0 Å². The Morgan fingerprint density at radius 1 is 0.909 bits per heavy atom. The molecule has 250 valence electrons. The third-order valence-electron chi connectivity index (χ3n) is 15.5. The Bertz CT molecular complexity index is 1180. The molecule has 1 heterocycles. The van der Waals surface area contributed by atoms with Crippen LogP contribution in [0, 0.1) is 50.2 Å². The van der Waals surface area contributed by atoms with E-state index in [0.29, 0.717) is 30.5 Å². The molecule has 6 nitrogen and oxygen atoms in total. The van der Waals surface area contributed by atoms with Crippen molar-refractivity contribution >= 4 is 5.78 Å². The monoisotopic (exact) mass is 618 g/mol. The van der Waals surface area contributed by atoms with Gasteiger partial charge in [0.15, 0.2) is 0 Å². The zero-order chi connectivity index (χ0) is 32.3. The van der Waals surface area contributed by atoms with Crippen LogP contribution < -0.4 is 0 Å². The SMILES string of the molecule is CC1(C)CC[C@]2(C[C@@H](O)[C@@H]3OC(CF)[C@@H](O)[C@H](O)C3O)CC[C@]3(C)C(=CCC4[C@@]5(C)CCC(=O)C(C)(C)C5CC[C@]43C)C2C1. The zero-order valence-corrected chi connectivity index (χ0v) is 28.2. The number of rotatable bonds is 4. The van der Waals surface area contributed by atoms with Gasteiger partial charge in [-0.05, 0) is 109 Å². The summed E-state index contributed by atoms with van der Waals surface area (Å²) in [6.07, 6.45) is 4.87. The van der Waals surface area contributed by atoms with Crippen LogP contribution in [0.25, 0.3) is 0 Å². The Morgan fingerprint density at radius 3 is 2.27 bits per heavy atom. The molecule has 4 saturated carbocycles. The van der Waals surface area contributed by atoms with Crippen LogP contribution in [0.4, 0.5) is 4.39 Å². The topological polar surface area (TPSA) is 107 Å². The second-order valence-electron chi connectivity index (χ2n) is 18.3. The first-order valence-electron chi connectivity index (χ1n) is 17.5. The van der Waals surface area contributed by atoms with Crippen molar-refractivity contribution in [2.45, 2.75) is 156 Å². The van der Waals surface area contributed by atoms with Gasteiger partial charge in [-0.25, -0.2) is 4.39 Å². The number of halogens is 1. The number of hydrogen-bond donors (Lipinski definition) is 4. The number of carbonyl (C=O) groups excluding carboxylic acids is 1. The average molecular weight is 619 g/mol. The van der Waals surface area contributed by atoms with Crippen molar-refractivity contribution in [1.29, 1.82) is 0 Å². The van der Waals surface area contributed by atoms with Crippen molar-refractivity contribution in [3.05, 3.63) is 11.6 Å². The van der Waals surface area contributed by atoms with Gasteiger partial charge in [-0.3, -0.25) is 4.79 Å². The van der Waals surface area contributed by atoms with Crippen LogP contribution in [0.3, 0.4) is 0 Å². The first kappa shape index (κ1) is 33.1. The maximum absolute atomic E-state index is 13.7. The van der Waals surface area contributed by atoms with Crippen molar-refractivity contribution in [2.24, 2.45) is 50.2 Å². The molecule has 0 aromatic rings. The summed E-state index contributed by atoms with van der Waals surface area (Å²) in [7, 11) is 0. The Hall–Kier alpha value is -0.860. The van der Waals surface area contributed by atoms with Gasteiger partial charge in [0.1, 0.15) is 43.0 Å². The zero-order valence-electron chi connectivity index (χ0n) is 28.2. The molecule has 4 N–H and O–H groups in total. The third-order valence-corrected chi connectivity index (χ3v) is 15.5. The standard InChI is InChI=1S/C37H59FO6/c1-32(2)14-16-37(19-23(39)31-30(43)29(42)28(41)24(20-38)44-31)17-15-35(6)21(22(37)18-32)8-9-26-34(5)12-11-27(40)33(3,4)25(34)10-13-36(26,35)7/h8,22-26,28-31,39,41-43H,9-20H2,1-7H3/t22?,23-,24?,25?,26?,28-,29+,30?,31+,34+,35-,36-,37-/m1/s1. The van der Waals surface area contributed by atoms with E-state index in [9.17, 15) is 29.6 Å². The highest BCUT2D eigenvalue weighted by Crippen LogP contribution is 2.76. The number of allylic oxidation sites excluding steroid dienone is 2. The highest BCUT2D eigenvalue weighted by Gasteiger charge is 2.68. The molecular formula is C37H59FO6. The van der Waals surface area contributed by atoms with E-state index in [1.807, 2.05) is 0 Å². The number of alkyl halides is 1. The lowest BCUT2D eigenvalue weighted by atomic mass is 9.33. The van der Waals surface area contributed by atoms with Gasteiger partial charge in [0.2, 0.25) is 0 Å². The summed E-state index contributed by atoms with van der Waals surface area (Å²) in [5, 5.41) is 43.1. The lowest BCUT2D eigenvalue weighted by Gasteiger charge is -2.71. The molecule has 0 amide bonds. The van der Waals surface area contributed by atoms with Crippen molar-refractivity contribution in [1.82, 2.24) is 0 Å². The van der Waals surface area contributed by atoms with Crippen LogP contribution in [0.2, 0.25) is 0 Å². The van der Waals surface area contributed by atoms with Gasteiger partial charge >= 0.3 is 0 Å². The Kier molecular flexibility index (Phi) is 7.94. The van der Waals surface area contributed by atoms with E-state index in [0.717, 1.165) is 57.8 Å². The minimum atomic E-state index is -1.56. The number of fused-ring (bicyclic) bond motifs is 7. The molecule has 0 spiro atoms. The molecule has 1 saturated heterocycles. The summed E-state index contributed by atoms with van der Waals surface area (Å²) >= 11 is 0. The minimum absolute atomic E-state index is 0.0164. The number of carbonyl (C=O) groups is 1. The highest BCUT2D eigenvalue weighted by molar-refractivity contribution is 5.85. The first-order chi connectivity index (χ1) is 20.4. The van der Waals surface area contributed by atoms with E-state index >= 15 is 0 Å². The van der Waals surface area contributed by atoms with E-state index in [-0.39, 0.29) is 38.4 Å². The number of ketones is 1. The molecule has 6 aliphatic rings. The van der Waals surface area contributed by atoms with Gasteiger partial charge in [-0.1, -0.05) is 60.1 Å². The van der Waals surface area contributed by atoms with Crippen molar-refractivity contribution in [3.63, 3.8) is 0 Å². The molecule has 5 fully saturated rings. The highest BCUT2D eigenvalue weighted by atomic mass is 19.1. The van der Waals surface area contributed by atoms with Gasteiger partial charge in [0, 0.05) is 11.8 Å². The van der Waals surface area contributed by atoms with Gasteiger partial charge in [0.05, 0.1) is 6.10 Å². The van der Waals surface area contributed by atoms with Crippen LogP contribution >= 0.6 is 0 Å². The quantitative estimate of drug-likeness (QED) is 0.291. The van der Waals surface area contributed by atoms with Crippen LogP contribution in [0.5, 0.6) is 0 Å². The van der Waals surface area contributed by atoms with Gasteiger partial charge in [-0.2, -0.15) is 0 Å². The maximum atomic E-state index is 13.7. The lowest BCUT2D eigenvalue weighted by molar-refractivity contribution is -0.250. The molecule has 0 bridgehead atoms. The molecule has 1 aliphatic heterocycles. The average Bonchev–Trinajstić information content (AvgIpc) is 2.95. The summed E-state index contributed by atoms with van der Waals surface area (Å²) in [5.41, 5.74) is 1.51. The number of Topliss-reactive ketones (excluding diaryl/α,β-unsaturated/α-hetero) is 1. The fraction of sp³-hybridized carbons (Fsp3) is 0.919. The molecular weight excluding hydrogens is 559 g/mol. The van der Waals surface area contributed by atoms with E-state index < -0.39 is 43.3 Å². The van der Waals surface area contributed by atoms with E-state index in [4.69, 9.17) is 4.74 Å². The number of aliphatic hydroxyl groups is 4. The fourth-order valence-corrected chi connectivity index (χ4v) is 12.5. The molecule has 5 aliphatic carbocycles. The second-order valence-corrected chi connectivity index (χ2v) is 18.3. The molecule has 0 aromatic heterocycles. The molecule has 0 radical (unpaired) electrons. The van der Waals surface area contributed by atoms with Gasteiger partial charge in [-0.15, -0.1) is 0 Å². The molecule has 0 aromatic carbocycles. The first-order valence-corrected chi connectivity index (χ1v) is 17.5. The minimum Gasteiger partial charge on any atom is -0.390 e. The molecule has 13 atom stereocenters. The predicted octanol–water partition coefficient (Wildman–Crippen LogP) is 5.93. The van der Waals surface area contributed by atoms with Crippen LogP contribution in [0.1, 0.15) is 119 Å².